The molecule has 21 heavy (non-hydrogen) atoms. The highest BCUT2D eigenvalue weighted by Gasteiger charge is 2.30. The number of fused-ring (bicyclic) bond motifs is 1. The summed E-state index contributed by atoms with van der Waals surface area (Å²) in [5.74, 6) is 1.46. The van der Waals surface area contributed by atoms with Gasteiger partial charge < -0.3 is 10.1 Å². The Labute approximate surface area is 126 Å². The highest BCUT2D eigenvalue weighted by molar-refractivity contribution is 5.40. The van der Waals surface area contributed by atoms with Gasteiger partial charge in [-0.25, -0.2) is 0 Å². The molecule has 2 aromatic rings. The van der Waals surface area contributed by atoms with Crippen LogP contribution in [0.1, 0.15) is 43.4 Å². The van der Waals surface area contributed by atoms with Crippen LogP contribution < -0.4 is 10.1 Å². The summed E-state index contributed by atoms with van der Waals surface area (Å²) in [5, 5.41) is 8.07. The number of aromatic nitrogens is 2. The lowest BCUT2D eigenvalue weighted by Crippen LogP contribution is -2.30. The SMILES string of the molecule is CCNC(c1cnn(CC)c1)C1CCOc2ccccc21. The number of nitrogens with one attached hydrogen (secondary N) is 1. The second kappa shape index (κ2) is 6.31. The number of hydrogen-bond acceptors (Lipinski definition) is 3. The molecule has 0 saturated heterocycles. The number of para-hydroxylation sites is 1. The largest absolute Gasteiger partial charge is 0.493 e. The zero-order valence-corrected chi connectivity index (χ0v) is 12.7. The minimum atomic E-state index is 0.292. The summed E-state index contributed by atoms with van der Waals surface area (Å²) in [6, 6.07) is 8.69. The van der Waals surface area contributed by atoms with Gasteiger partial charge >= 0.3 is 0 Å². The van der Waals surface area contributed by atoms with E-state index in [1.54, 1.807) is 0 Å². The Morgan fingerprint density at radius 1 is 1.38 bits per heavy atom. The zero-order chi connectivity index (χ0) is 14.7. The normalized spacial score (nSPS) is 18.9. The Morgan fingerprint density at radius 3 is 3.00 bits per heavy atom. The van der Waals surface area contributed by atoms with Gasteiger partial charge in [0.15, 0.2) is 0 Å². The summed E-state index contributed by atoms with van der Waals surface area (Å²) in [6.07, 6.45) is 5.19. The molecular formula is C17H23N3O. The van der Waals surface area contributed by atoms with Crippen LogP contribution in [0.4, 0.5) is 0 Å². The molecule has 4 heteroatoms. The summed E-state index contributed by atoms with van der Waals surface area (Å²) in [6.45, 7) is 6.90. The molecule has 1 aliphatic rings. The van der Waals surface area contributed by atoms with Gasteiger partial charge in [-0.3, -0.25) is 4.68 Å². The molecule has 0 saturated carbocycles. The van der Waals surface area contributed by atoms with Crippen molar-refractivity contribution in [2.45, 2.75) is 38.8 Å². The minimum Gasteiger partial charge on any atom is -0.493 e. The van der Waals surface area contributed by atoms with Crippen molar-refractivity contribution in [3.05, 3.63) is 47.8 Å². The fourth-order valence-electron chi connectivity index (χ4n) is 3.14. The van der Waals surface area contributed by atoms with Crippen LogP contribution in [0.15, 0.2) is 36.7 Å². The number of aryl methyl sites for hydroxylation is 1. The highest BCUT2D eigenvalue weighted by Crippen LogP contribution is 2.41. The summed E-state index contributed by atoms with van der Waals surface area (Å²) >= 11 is 0. The Balaban J connectivity index is 1.94. The molecule has 0 fully saturated rings. The third-order valence-corrected chi connectivity index (χ3v) is 4.17. The van der Waals surface area contributed by atoms with Gasteiger partial charge in [0.05, 0.1) is 12.8 Å². The van der Waals surface area contributed by atoms with Crippen LogP contribution in [0, 0.1) is 0 Å². The van der Waals surface area contributed by atoms with Crippen LogP contribution in [0.2, 0.25) is 0 Å². The maximum Gasteiger partial charge on any atom is 0.122 e. The molecule has 0 spiro atoms. The molecule has 0 amide bonds. The van der Waals surface area contributed by atoms with E-state index in [1.807, 2.05) is 16.9 Å². The number of ether oxygens (including phenoxy) is 1. The topological polar surface area (TPSA) is 39.1 Å². The van der Waals surface area contributed by atoms with Crippen molar-refractivity contribution in [2.75, 3.05) is 13.2 Å². The van der Waals surface area contributed by atoms with Crippen LogP contribution in [-0.2, 0) is 6.54 Å². The quantitative estimate of drug-likeness (QED) is 0.917. The summed E-state index contributed by atoms with van der Waals surface area (Å²) in [5.41, 5.74) is 2.57. The summed E-state index contributed by atoms with van der Waals surface area (Å²) in [4.78, 5) is 0. The van der Waals surface area contributed by atoms with Crippen molar-refractivity contribution < 1.29 is 4.74 Å². The molecule has 112 valence electrons. The van der Waals surface area contributed by atoms with Gasteiger partial charge in [0.1, 0.15) is 5.75 Å². The predicted molar refractivity (Wildman–Crippen MR) is 83.6 cm³/mol. The average Bonchev–Trinajstić information content (AvgIpc) is 3.01. The van der Waals surface area contributed by atoms with E-state index in [9.17, 15) is 0 Å². The van der Waals surface area contributed by atoms with Crippen molar-refractivity contribution in [1.29, 1.82) is 0 Å². The minimum absolute atomic E-state index is 0.292. The maximum absolute atomic E-state index is 5.80. The number of benzene rings is 1. The van der Waals surface area contributed by atoms with Gasteiger partial charge in [-0.15, -0.1) is 0 Å². The summed E-state index contributed by atoms with van der Waals surface area (Å²) < 4.78 is 7.79. The number of nitrogens with zero attached hydrogens (tertiary/aromatic N) is 2. The smallest absolute Gasteiger partial charge is 0.122 e. The van der Waals surface area contributed by atoms with E-state index < -0.39 is 0 Å². The zero-order valence-electron chi connectivity index (χ0n) is 12.7. The first-order valence-corrected chi connectivity index (χ1v) is 7.81. The van der Waals surface area contributed by atoms with Gasteiger partial charge in [-0.1, -0.05) is 25.1 Å². The Bertz CT molecular complexity index is 593. The molecular weight excluding hydrogens is 262 g/mol. The van der Waals surface area contributed by atoms with Crippen LogP contribution in [0.3, 0.4) is 0 Å². The molecule has 0 bridgehead atoms. The van der Waals surface area contributed by atoms with E-state index in [-0.39, 0.29) is 0 Å². The molecule has 4 nitrogen and oxygen atoms in total. The lowest BCUT2D eigenvalue weighted by atomic mass is 9.84. The second-order valence-corrected chi connectivity index (χ2v) is 5.45. The predicted octanol–water partition coefficient (Wildman–Crippen LogP) is 3.12. The molecule has 0 radical (unpaired) electrons. The first-order valence-electron chi connectivity index (χ1n) is 7.81. The lowest BCUT2D eigenvalue weighted by molar-refractivity contribution is 0.246. The Morgan fingerprint density at radius 2 is 2.24 bits per heavy atom. The molecule has 0 aliphatic carbocycles. The third kappa shape index (κ3) is 2.81. The van der Waals surface area contributed by atoms with Gasteiger partial charge in [0.2, 0.25) is 0 Å². The molecule has 1 aromatic carbocycles. The van der Waals surface area contributed by atoms with E-state index >= 15 is 0 Å². The van der Waals surface area contributed by atoms with E-state index in [2.05, 4.69) is 48.7 Å². The van der Waals surface area contributed by atoms with E-state index in [0.29, 0.717) is 12.0 Å². The van der Waals surface area contributed by atoms with Crippen molar-refractivity contribution in [3.8, 4) is 5.75 Å². The van der Waals surface area contributed by atoms with Crippen molar-refractivity contribution >= 4 is 0 Å². The molecule has 2 heterocycles. The van der Waals surface area contributed by atoms with Gasteiger partial charge in [-0.2, -0.15) is 5.10 Å². The van der Waals surface area contributed by atoms with Gasteiger partial charge in [-0.05, 0) is 31.5 Å². The molecule has 1 N–H and O–H groups in total. The van der Waals surface area contributed by atoms with Gasteiger partial charge in [0, 0.05) is 30.3 Å². The lowest BCUT2D eigenvalue weighted by Gasteiger charge is -2.32. The van der Waals surface area contributed by atoms with Crippen molar-refractivity contribution in [1.82, 2.24) is 15.1 Å². The molecule has 3 rings (SSSR count). The van der Waals surface area contributed by atoms with E-state index in [0.717, 1.165) is 31.9 Å². The van der Waals surface area contributed by atoms with Crippen LogP contribution in [0.5, 0.6) is 5.75 Å². The Hall–Kier alpha value is -1.81. The monoisotopic (exact) mass is 285 g/mol. The van der Waals surface area contributed by atoms with Crippen molar-refractivity contribution in [3.63, 3.8) is 0 Å². The fourth-order valence-corrected chi connectivity index (χ4v) is 3.14. The molecule has 1 aromatic heterocycles. The second-order valence-electron chi connectivity index (χ2n) is 5.45. The first-order chi connectivity index (χ1) is 10.3. The standard InChI is InChI=1S/C17H23N3O/c1-3-18-17(13-11-19-20(4-2)12-13)15-9-10-21-16-8-6-5-7-14(15)16/h5-8,11-12,15,17-18H,3-4,9-10H2,1-2H3. The number of likely N-dealkylation sites (N-methyl/N-ethyl adjacent to an activating group) is 1. The average molecular weight is 285 g/mol. The molecule has 1 aliphatic heterocycles. The maximum atomic E-state index is 5.80. The van der Waals surface area contributed by atoms with E-state index in [1.165, 1.54) is 11.1 Å². The fraction of sp³-hybridized carbons (Fsp3) is 0.471. The van der Waals surface area contributed by atoms with Crippen LogP contribution in [0.25, 0.3) is 0 Å². The summed E-state index contributed by atoms with van der Waals surface area (Å²) in [7, 11) is 0. The molecule has 2 unspecified atom stereocenters. The van der Waals surface area contributed by atoms with Crippen molar-refractivity contribution in [2.24, 2.45) is 0 Å². The van der Waals surface area contributed by atoms with E-state index in [4.69, 9.17) is 4.74 Å². The molecule has 2 atom stereocenters. The van der Waals surface area contributed by atoms with Gasteiger partial charge in [0.25, 0.3) is 0 Å². The van der Waals surface area contributed by atoms with Crippen LogP contribution in [-0.4, -0.2) is 22.9 Å². The highest BCUT2D eigenvalue weighted by atomic mass is 16.5. The number of hydrogen-bond donors (Lipinski definition) is 1. The number of rotatable bonds is 5. The third-order valence-electron chi connectivity index (χ3n) is 4.17. The van der Waals surface area contributed by atoms with Crippen LogP contribution >= 0.6 is 0 Å². The first kappa shape index (κ1) is 14.1. The Kier molecular flexibility index (Phi) is 4.25.